The van der Waals surface area contributed by atoms with Crippen molar-refractivity contribution in [3.05, 3.63) is 71.0 Å². The molecule has 1 aliphatic rings. The van der Waals surface area contributed by atoms with Gasteiger partial charge in [-0.3, -0.25) is 9.36 Å². The zero-order chi connectivity index (χ0) is 23.1. The van der Waals surface area contributed by atoms with Crippen LogP contribution in [0.25, 0.3) is 16.9 Å². The van der Waals surface area contributed by atoms with E-state index in [-0.39, 0.29) is 0 Å². The van der Waals surface area contributed by atoms with E-state index in [1.807, 2.05) is 29.7 Å². The zero-order valence-electron chi connectivity index (χ0n) is 18.0. The van der Waals surface area contributed by atoms with Crippen LogP contribution in [0.3, 0.4) is 0 Å². The Bertz CT molecular complexity index is 1380. The van der Waals surface area contributed by atoms with Gasteiger partial charge in [-0.05, 0) is 36.1 Å². The van der Waals surface area contributed by atoms with Crippen LogP contribution < -0.4 is 21.8 Å². The van der Waals surface area contributed by atoms with Crippen molar-refractivity contribution in [2.24, 2.45) is 5.73 Å². The number of carbonyl (C=O) groups is 1. The van der Waals surface area contributed by atoms with E-state index < -0.39 is 13.0 Å². The van der Waals surface area contributed by atoms with Crippen molar-refractivity contribution in [2.75, 3.05) is 17.2 Å². The Labute approximate surface area is 190 Å². The number of aryl methyl sites for hydroxylation is 1. The van der Waals surface area contributed by atoms with Crippen molar-refractivity contribution < 1.29 is 14.8 Å². The first-order valence-electron chi connectivity index (χ1n) is 10.7. The number of nitrogens with zero attached hydrogens (tertiary/aromatic N) is 3. The van der Waals surface area contributed by atoms with Gasteiger partial charge in [0.25, 0.3) is 0 Å². The summed E-state index contributed by atoms with van der Waals surface area (Å²) < 4.78 is 1.92. The molecule has 0 unspecified atom stereocenters. The first-order chi connectivity index (χ1) is 15.9. The number of rotatable bonds is 6. The van der Waals surface area contributed by atoms with Crippen molar-refractivity contribution in [2.45, 2.75) is 19.9 Å². The lowest BCUT2D eigenvalue weighted by Crippen LogP contribution is -2.30. The van der Waals surface area contributed by atoms with Gasteiger partial charge < -0.3 is 26.4 Å². The fourth-order valence-corrected chi connectivity index (χ4v) is 4.29. The monoisotopic (exact) mass is 442 g/mol. The van der Waals surface area contributed by atoms with E-state index in [4.69, 9.17) is 15.7 Å². The number of aromatic nitrogens is 3. The SMILES string of the molecule is Cc1cc2c(C(N)=O)cccc2n1-c1nc2c(c(NCc3cccc(B(O)O)c3)n1)NCC2. The number of benzene rings is 2. The summed E-state index contributed by atoms with van der Waals surface area (Å²) in [4.78, 5) is 21.5. The van der Waals surface area contributed by atoms with Crippen LogP contribution in [0.5, 0.6) is 0 Å². The summed E-state index contributed by atoms with van der Waals surface area (Å²) in [6, 6.07) is 14.4. The maximum atomic E-state index is 11.9. The quantitative estimate of drug-likeness (QED) is 0.282. The van der Waals surface area contributed by atoms with E-state index in [0.717, 1.165) is 46.5 Å². The van der Waals surface area contributed by atoms with Crippen LogP contribution in [0.1, 0.15) is 27.3 Å². The van der Waals surface area contributed by atoms with E-state index >= 15 is 0 Å². The number of amides is 1. The molecule has 5 rings (SSSR count). The largest absolute Gasteiger partial charge is 0.488 e. The Morgan fingerprint density at radius 1 is 1.21 bits per heavy atom. The molecule has 2 aromatic carbocycles. The highest BCUT2D eigenvalue weighted by atomic mass is 16.4. The Balaban J connectivity index is 1.56. The molecule has 0 radical (unpaired) electrons. The summed E-state index contributed by atoms with van der Waals surface area (Å²) in [6.07, 6.45) is 0.774. The van der Waals surface area contributed by atoms with Crippen LogP contribution in [0.4, 0.5) is 11.5 Å². The number of primary amides is 1. The molecule has 3 heterocycles. The minimum Gasteiger partial charge on any atom is -0.423 e. The molecular formula is C23H23BN6O3. The van der Waals surface area contributed by atoms with Crippen molar-refractivity contribution >= 4 is 40.9 Å². The van der Waals surface area contributed by atoms with Crippen molar-refractivity contribution in [1.29, 1.82) is 0 Å². The highest BCUT2D eigenvalue weighted by Gasteiger charge is 2.22. The van der Waals surface area contributed by atoms with Gasteiger partial charge in [0.2, 0.25) is 11.9 Å². The third kappa shape index (κ3) is 3.79. The molecule has 166 valence electrons. The van der Waals surface area contributed by atoms with Crippen LogP contribution in [-0.2, 0) is 13.0 Å². The maximum Gasteiger partial charge on any atom is 0.488 e. The second-order valence-electron chi connectivity index (χ2n) is 8.07. The zero-order valence-corrected chi connectivity index (χ0v) is 18.0. The molecule has 0 spiro atoms. The van der Waals surface area contributed by atoms with E-state index in [0.29, 0.717) is 29.3 Å². The van der Waals surface area contributed by atoms with Gasteiger partial charge in [0.05, 0.1) is 16.9 Å². The average Bonchev–Trinajstić information content (AvgIpc) is 3.40. The Hall–Kier alpha value is -3.89. The second kappa shape index (κ2) is 8.23. The van der Waals surface area contributed by atoms with Gasteiger partial charge in [0.1, 0.15) is 0 Å². The van der Waals surface area contributed by atoms with Crippen LogP contribution in [0, 0.1) is 6.92 Å². The standard InChI is InChI=1S/C23H23BN6O3/c1-13-10-17-16(21(25)31)6-3-7-19(17)30(13)23-28-18-8-9-26-20(18)22(29-23)27-12-14-4-2-5-15(11-14)24(32)33/h2-7,10-11,26,32-33H,8-9,12H2,1H3,(H2,25,31)(H,27,28,29). The summed E-state index contributed by atoms with van der Waals surface area (Å²) in [5.41, 5.74) is 10.8. The minimum absolute atomic E-state index is 0.431. The van der Waals surface area contributed by atoms with Gasteiger partial charge >= 0.3 is 7.12 Å². The molecule has 9 nitrogen and oxygen atoms in total. The van der Waals surface area contributed by atoms with Gasteiger partial charge in [-0.1, -0.05) is 30.3 Å². The highest BCUT2D eigenvalue weighted by Crippen LogP contribution is 2.32. The van der Waals surface area contributed by atoms with Gasteiger partial charge in [-0.25, -0.2) is 4.98 Å². The van der Waals surface area contributed by atoms with Crippen LogP contribution in [0.2, 0.25) is 0 Å². The summed E-state index contributed by atoms with van der Waals surface area (Å²) >= 11 is 0. The number of fused-ring (bicyclic) bond motifs is 2. The normalized spacial score (nSPS) is 12.5. The van der Waals surface area contributed by atoms with E-state index in [2.05, 4.69) is 10.6 Å². The van der Waals surface area contributed by atoms with E-state index in [1.165, 1.54) is 0 Å². The van der Waals surface area contributed by atoms with Crippen molar-refractivity contribution in [1.82, 2.24) is 14.5 Å². The molecule has 10 heteroatoms. The summed E-state index contributed by atoms with van der Waals surface area (Å²) in [7, 11) is -1.52. The molecule has 1 aliphatic heterocycles. The number of anilines is 2. The number of nitrogens with two attached hydrogens (primary N) is 1. The second-order valence-corrected chi connectivity index (χ2v) is 8.07. The lowest BCUT2D eigenvalue weighted by molar-refractivity contribution is 0.100. The minimum atomic E-state index is -1.52. The summed E-state index contributed by atoms with van der Waals surface area (Å²) in [6.45, 7) is 3.16. The molecule has 6 N–H and O–H groups in total. The number of carbonyl (C=O) groups excluding carboxylic acids is 1. The van der Waals surface area contributed by atoms with Crippen LogP contribution in [0.15, 0.2) is 48.5 Å². The summed E-state index contributed by atoms with van der Waals surface area (Å²) in [5.74, 6) is 0.692. The van der Waals surface area contributed by atoms with Gasteiger partial charge in [0, 0.05) is 36.2 Å². The third-order valence-corrected chi connectivity index (χ3v) is 5.84. The molecule has 1 amide bonds. The Morgan fingerprint density at radius 2 is 2.03 bits per heavy atom. The fourth-order valence-electron chi connectivity index (χ4n) is 4.29. The molecule has 4 aromatic rings. The fraction of sp³-hybridized carbons (Fsp3) is 0.174. The molecule has 0 fully saturated rings. The van der Waals surface area contributed by atoms with Crippen LogP contribution in [-0.4, -0.2) is 44.2 Å². The van der Waals surface area contributed by atoms with Crippen LogP contribution >= 0.6 is 0 Å². The smallest absolute Gasteiger partial charge is 0.423 e. The lowest BCUT2D eigenvalue weighted by Gasteiger charge is -2.14. The molecule has 0 saturated carbocycles. The molecule has 0 bridgehead atoms. The van der Waals surface area contributed by atoms with Gasteiger partial charge in [0.15, 0.2) is 5.82 Å². The average molecular weight is 442 g/mol. The first kappa shape index (κ1) is 21.0. The Kier molecular flexibility index (Phi) is 5.23. The molecule has 2 aromatic heterocycles. The lowest BCUT2D eigenvalue weighted by atomic mass is 9.80. The van der Waals surface area contributed by atoms with Crippen molar-refractivity contribution in [3.63, 3.8) is 0 Å². The van der Waals surface area contributed by atoms with Crippen molar-refractivity contribution in [3.8, 4) is 5.95 Å². The molecule has 0 atom stereocenters. The molecule has 0 saturated heterocycles. The highest BCUT2D eigenvalue weighted by molar-refractivity contribution is 6.58. The Morgan fingerprint density at radius 3 is 2.82 bits per heavy atom. The number of hydrogen-bond acceptors (Lipinski definition) is 7. The molecule has 33 heavy (non-hydrogen) atoms. The topological polar surface area (TPSA) is 138 Å². The molecule has 0 aliphatic carbocycles. The van der Waals surface area contributed by atoms with E-state index in [1.54, 1.807) is 30.3 Å². The first-order valence-corrected chi connectivity index (χ1v) is 10.7. The van der Waals surface area contributed by atoms with Gasteiger partial charge in [-0.15, -0.1) is 0 Å². The summed E-state index contributed by atoms with van der Waals surface area (Å²) in [5, 5.41) is 26.4. The third-order valence-electron chi connectivity index (χ3n) is 5.84. The van der Waals surface area contributed by atoms with E-state index in [9.17, 15) is 14.8 Å². The predicted octanol–water partition coefficient (Wildman–Crippen LogP) is 1.09. The maximum absolute atomic E-state index is 11.9. The number of hydrogen-bond donors (Lipinski definition) is 5. The number of nitrogens with one attached hydrogen (secondary N) is 2. The van der Waals surface area contributed by atoms with Gasteiger partial charge in [-0.2, -0.15) is 4.98 Å². The molecular weight excluding hydrogens is 419 g/mol. The predicted molar refractivity (Wildman–Crippen MR) is 128 cm³/mol.